The highest BCUT2D eigenvalue weighted by atomic mass is 16.1. The highest BCUT2D eigenvalue weighted by Crippen LogP contribution is 2.06. The number of aromatic nitrogens is 3. The van der Waals surface area contributed by atoms with E-state index in [4.69, 9.17) is 0 Å². The number of nitrogens with one attached hydrogen (secondary N) is 1. The largest absolute Gasteiger partial charge is 0.352 e. The predicted octanol–water partition coefficient (Wildman–Crippen LogP) is 3.10. The normalized spacial score (nSPS) is 10.3. The van der Waals surface area contributed by atoms with Crippen molar-refractivity contribution in [2.24, 2.45) is 0 Å². The number of amides is 1. The molecule has 2 aromatic carbocycles. The van der Waals surface area contributed by atoms with Gasteiger partial charge in [0.25, 0.3) is 5.91 Å². The molecule has 136 valence electrons. The van der Waals surface area contributed by atoms with Gasteiger partial charge in [-0.05, 0) is 48.5 Å². The van der Waals surface area contributed by atoms with Gasteiger partial charge in [-0.2, -0.15) is 0 Å². The third kappa shape index (κ3) is 4.08. The average molecular weight is 366 g/mol. The van der Waals surface area contributed by atoms with Crippen molar-refractivity contribution < 1.29 is 4.79 Å². The zero-order chi connectivity index (χ0) is 19.2. The first kappa shape index (κ1) is 17.5. The van der Waals surface area contributed by atoms with Crippen LogP contribution in [0, 0.1) is 11.8 Å². The van der Waals surface area contributed by atoms with Crippen LogP contribution in [0.5, 0.6) is 0 Å². The maximum Gasteiger partial charge on any atom is 0.251 e. The van der Waals surface area contributed by atoms with E-state index in [1.165, 1.54) is 0 Å². The second-order valence-corrected chi connectivity index (χ2v) is 6.24. The van der Waals surface area contributed by atoms with Crippen LogP contribution in [0.15, 0.2) is 79.0 Å². The lowest BCUT2D eigenvalue weighted by Crippen LogP contribution is -2.26. The molecule has 0 bridgehead atoms. The van der Waals surface area contributed by atoms with Crippen LogP contribution in [0.25, 0.3) is 5.65 Å². The van der Waals surface area contributed by atoms with Crippen molar-refractivity contribution >= 4 is 11.6 Å². The van der Waals surface area contributed by atoms with Crippen LogP contribution < -0.4 is 5.32 Å². The van der Waals surface area contributed by atoms with Gasteiger partial charge >= 0.3 is 0 Å². The zero-order valence-electron chi connectivity index (χ0n) is 15.2. The van der Waals surface area contributed by atoms with Gasteiger partial charge in [-0.15, -0.1) is 10.2 Å². The van der Waals surface area contributed by atoms with Gasteiger partial charge in [0.2, 0.25) is 0 Å². The van der Waals surface area contributed by atoms with Crippen LogP contribution in [-0.2, 0) is 6.42 Å². The van der Waals surface area contributed by atoms with Gasteiger partial charge in [-0.1, -0.05) is 36.1 Å². The number of carbonyl (C=O) groups excluding carboxylic acids is 1. The molecule has 5 heteroatoms. The number of rotatable bonds is 4. The molecule has 5 nitrogen and oxygen atoms in total. The Morgan fingerprint density at radius 1 is 0.857 bits per heavy atom. The molecule has 0 unspecified atom stereocenters. The lowest BCUT2D eigenvalue weighted by Gasteiger charge is -2.05. The molecule has 0 fully saturated rings. The summed E-state index contributed by atoms with van der Waals surface area (Å²) in [4.78, 5) is 12.3. The molecule has 0 radical (unpaired) electrons. The SMILES string of the molecule is O=C(NCCc1nnc2ccccn12)c1ccc(C#Cc2ccccc2)cc1. The summed E-state index contributed by atoms with van der Waals surface area (Å²) >= 11 is 0. The minimum Gasteiger partial charge on any atom is -0.352 e. The topological polar surface area (TPSA) is 59.3 Å². The smallest absolute Gasteiger partial charge is 0.251 e. The number of hydrogen-bond acceptors (Lipinski definition) is 3. The molecule has 0 aliphatic rings. The highest BCUT2D eigenvalue weighted by molar-refractivity contribution is 5.94. The van der Waals surface area contributed by atoms with Crippen LogP contribution in [0.1, 0.15) is 27.3 Å². The van der Waals surface area contributed by atoms with Crippen LogP contribution in [0.4, 0.5) is 0 Å². The van der Waals surface area contributed by atoms with E-state index >= 15 is 0 Å². The number of nitrogens with zero attached hydrogens (tertiary/aromatic N) is 3. The second kappa shape index (κ2) is 8.19. The van der Waals surface area contributed by atoms with Crippen molar-refractivity contribution in [3.63, 3.8) is 0 Å². The summed E-state index contributed by atoms with van der Waals surface area (Å²) in [7, 11) is 0. The standard InChI is InChI=1S/C23H18N4O/c28-23(24-16-15-22-26-25-21-8-4-5-17-27(21)22)20-13-11-19(12-14-20)10-9-18-6-2-1-3-7-18/h1-8,11-14,17H,15-16H2,(H,24,28). The van der Waals surface area contributed by atoms with E-state index in [0.29, 0.717) is 18.5 Å². The van der Waals surface area contributed by atoms with E-state index in [-0.39, 0.29) is 5.91 Å². The molecule has 0 spiro atoms. The summed E-state index contributed by atoms with van der Waals surface area (Å²) in [6.45, 7) is 0.490. The minimum absolute atomic E-state index is 0.114. The highest BCUT2D eigenvalue weighted by Gasteiger charge is 2.07. The van der Waals surface area contributed by atoms with E-state index in [9.17, 15) is 4.79 Å². The summed E-state index contributed by atoms with van der Waals surface area (Å²) < 4.78 is 1.92. The van der Waals surface area contributed by atoms with Crippen molar-refractivity contribution in [1.29, 1.82) is 0 Å². The van der Waals surface area contributed by atoms with E-state index in [0.717, 1.165) is 22.6 Å². The average Bonchev–Trinajstić information content (AvgIpc) is 3.16. The first-order valence-electron chi connectivity index (χ1n) is 9.03. The number of carbonyl (C=O) groups is 1. The maximum atomic E-state index is 12.3. The Bertz CT molecular complexity index is 1150. The van der Waals surface area contributed by atoms with Gasteiger partial charge in [0.1, 0.15) is 5.82 Å². The van der Waals surface area contributed by atoms with Crippen LogP contribution in [0.2, 0.25) is 0 Å². The minimum atomic E-state index is -0.114. The quantitative estimate of drug-likeness (QED) is 0.565. The van der Waals surface area contributed by atoms with E-state index in [1.54, 1.807) is 12.1 Å². The van der Waals surface area contributed by atoms with Gasteiger partial charge < -0.3 is 5.32 Å². The van der Waals surface area contributed by atoms with Gasteiger partial charge in [0.15, 0.2) is 5.65 Å². The van der Waals surface area contributed by atoms with Crippen LogP contribution in [-0.4, -0.2) is 27.0 Å². The predicted molar refractivity (Wildman–Crippen MR) is 108 cm³/mol. The van der Waals surface area contributed by atoms with Crippen molar-refractivity contribution in [2.75, 3.05) is 6.54 Å². The van der Waals surface area contributed by atoms with Crippen molar-refractivity contribution in [1.82, 2.24) is 19.9 Å². The van der Waals surface area contributed by atoms with E-state index in [1.807, 2.05) is 71.3 Å². The first-order chi connectivity index (χ1) is 13.8. The molecule has 4 rings (SSSR count). The fourth-order valence-corrected chi connectivity index (χ4v) is 2.82. The number of benzene rings is 2. The van der Waals surface area contributed by atoms with Crippen molar-refractivity contribution in [2.45, 2.75) is 6.42 Å². The van der Waals surface area contributed by atoms with Crippen LogP contribution >= 0.6 is 0 Å². The monoisotopic (exact) mass is 366 g/mol. The molecule has 0 aliphatic heterocycles. The fraction of sp³-hybridized carbons (Fsp3) is 0.0870. The second-order valence-electron chi connectivity index (χ2n) is 6.24. The molecular weight excluding hydrogens is 348 g/mol. The summed E-state index contributed by atoms with van der Waals surface area (Å²) in [6, 6.07) is 22.9. The zero-order valence-corrected chi connectivity index (χ0v) is 15.2. The number of pyridine rings is 1. The molecule has 1 amide bonds. The summed E-state index contributed by atoms with van der Waals surface area (Å²) in [5.41, 5.74) is 3.24. The lowest BCUT2D eigenvalue weighted by molar-refractivity contribution is 0.0954. The van der Waals surface area contributed by atoms with Gasteiger partial charge in [0.05, 0.1) is 0 Å². The van der Waals surface area contributed by atoms with E-state index < -0.39 is 0 Å². The number of fused-ring (bicyclic) bond motifs is 1. The summed E-state index contributed by atoms with van der Waals surface area (Å²) in [5, 5.41) is 11.2. The fourth-order valence-electron chi connectivity index (χ4n) is 2.82. The van der Waals surface area contributed by atoms with Crippen LogP contribution in [0.3, 0.4) is 0 Å². The molecule has 0 saturated carbocycles. The molecule has 2 aromatic heterocycles. The third-order valence-corrected chi connectivity index (χ3v) is 4.29. The molecule has 0 atom stereocenters. The van der Waals surface area contributed by atoms with Crippen molar-refractivity contribution in [3.8, 4) is 11.8 Å². The van der Waals surface area contributed by atoms with E-state index in [2.05, 4.69) is 27.4 Å². The Kier molecular flexibility index (Phi) is 5.12. The molecule has 0 saturated heterocycles. The summed E-state index contributed by atoms with van der Waals surface area (Å²) in [5.74, 6) is 6.92. The molecular formula is C23H18N4O. The van der Waals surface area contributed by atoms with Gasteiger partial charge in [0, 0.05) is 35.9 Å². The van der Waals surface area contributed by atoms with Gasteiger partial charge in [-0.3, -0.25) is 9.20 Å². The third-order valence-electron chi connectivity index (χ3n) is 4.29. The Morgan fingerprint density at radius 3 is 2.36 bits per heavy atom. The lowest BCUT2D eigenvalue weighted by atomic mass is 10.1. The van der Waals surface area contributed by atoms with Crippen molar-refractivity contribution in [3.05, 3.63) is 102 Å². The molecule has 28 heavy (non-hydrogen) atoms. The molecule has 1 N–H and O–H groups in total. The first-order valence-corrected chi connectivity index (χ1v) is 9.03. The molecule has 0 aliphatic carbocycles. The molecule has 4 aromatic rings. The van der Waals surface area contributed by atoms with Gasteiger partial charge in [-0.25, -0.2) is 0 Å². The maximum absolute atomic E-state index is 12.3. The Balaban J connectivity index is 1.34. The Hall–Kier alpha value is -3.91. The Morgan fingerprint density at radius 2 is 1.57 bits per heavy atom. The Labute approximate surface area is 163 Å². The number of hydrogen-bond donors (Lipinski definition) is 1. The summed E-state index contributed by atoms with van der Waals surface area (Å²) in [6.07, 6.45) is 2.53. The molecule has 2 heterocycles.